The number of aryl methyl sites for hydroxylation is 1. The highest BCUT2D eigenvalue weighted by Gasteiger charge is 2.32. The molecular weight excluding hydrogens is 234 g/mol. The Morgan fingerprint density at radius 2 is 2.18 bits per heavy atom. The number of nitrogens with two attached hydrogens (primary N) is 1. The Labute approximate surface area is 106 Å². The molecule has 0 aliphatic carbocycles. The molecule has 0 bridgehead atoms. The van der Waals surface area contributed by atoms with Gasteiger partial charge in [0, 0.05) is 10.5 Å². The Balaban J connectivity index is 2.64. The van der Waals surface area contributed by atoms with Crippen molar-refractivity contribution < 1.29 is 9.90 Å². The molecule has 3 N–H and O–H groups in total. The van der Waals surface area contributed by atoms with E-state index in [0.717, 1.165) is 5.75 Å². The molecule has 0 unspecified atom stereocenters. The van der Waals surface area contributed by atoms with Crippen LogP contribution >= 0.6 is 11.8 Å². The van der Waals surface area contributed by atoms with Crippen LogP contribution in [0.4, 0.5) is 0 Å². The number of carboxylic acids is 1. The average Bonchev–Trinajstić information content (AvgIpc) is 2.25. The largest absolute Gasteiger partial charge is 0.480 e. The molecule has 1 rings (SSSR count). The van der Waals surface area contributed by atoms with Crippen molar-refractivity contribution in [3.05, 3.63) is 35.4 Å². The summed E-state index contributed by atoms with van der Waals surface area (Å²) in [6, 6.07) is 7.35. The molecule has 0 radical (unpaired) electrons. The van der Waals surface area contributed by atoms with E-state index in [-0.39, 0.29) is 0 Å². The molecule has 0 amide bonds. The quantitative estimate of drug-likeness (QED) is 0.846. The summed E-state index contributed by atoms with van der Waals surface area (Å²) in [5, 5.41) is 8.92. The number of benzene rings is 1. The van der Waals surface area contributed by atoms with E-state index in [9.17, 15) is 4.79 Å². The van der Waals surface area contributed by atoms with Crippen molar-refractivity contribution in [3.8, 4) is 0 Å². The first kappa shape index (κ1) is 14.1. The topological polar surface area (TPSA) is 63.3 Å². The van der Waals surface area contributed by atoms with Gasteiger partial charge in [-0.05, 0) is 26.3 Å². The predicted octanol–water partition coefficient (Wildman–Crippen LogP) is 2.42. The van der Waals surface area contributed by atoms with Gasteiger partial charge >= 0.3 is 5.97 Å². The van der Waals surface area contributed by atoms with E-state index < -0.39 is 16.8 Å². The summed E-state index contributed by atoms with van der Waals surface area (Å²) >= 11 is 1.57. The fourth-order valence-electron chi connectivity index (χ4n) is 1.46. The van der Waals surface area contributed by atoms with Gasteiger partial charge < -0.3 is 10.8 Å². The Hall–Kier alpha value is -1.00. The molecule has 1 atom stereocenters. The highest BCUT2D eigenvalue weighted by atomic mass is 32.2. The SMILES string of the molecule is Cc1cccc(CSC(C)(C)[C@@H](N)C(=O)O)c1. The maximum Gasteiger partial charge on any atom is 0.321 e. The van der Waals surface area contributed by atoms with Crippen molar-refractivity contribution in [2.45, 2.75) is 37.3 Å². The van der Waals surface area contributed by atoms with Crippen LogP contribution in [0.25, 0.3) is 0 Å². The maximum absolute atomic E-state index is 10.9. The lowest BCUT2D eigenvalue weighted by molar-refractivity contribution is -0.139. The highest BCUT2D eigenvalue weighted by Crippen LogP contribution is 2.30. The lowest BCUT2D eigenvalue weighted by atomic mass is 10.1. The number of hydrogen-bond acceptors (Lipinski definition) is 3. The Kier molecular flexibility index (Phi) is 4.60. The molecule has 0 aliphatic heterocycles. The Morgan fingerprint density at radius 1 is 1.53 bits per heavy atom. The number of aliphatic carboxylic acids is 1. The van der Waals surface area contributed by atoms with Gasteiger partial charge in [0.15, 0.2) is 0 Å². The van der Waals surface area contributed by atoms with Crippen molar-refractivity contribution in [1.29, 1.82) is 0 Å². The van der Waals surface area contributed by atoms with Crippen LogP contribution in [-0.2, 0) is 10.5 Å². The van der Waals surface area contributed by atoms with Crippen LogP contribution in [-0.4, -0.2) is 21.9 Å². The van der Waals surface area contributed by atoms with Crippen LogP contribution in [0, 0.1) is 6.92 Å². The smallest absolute Gasteiger partial charge is 0.321 e. The highest BCUT2D eigenvalue weighted by molar-refractivity contribution is 7.99. The molecule has 3 nitrogen and oxygen atoms in total. The summed E-state index contributed by atoms with van der Waals surface area (Å²) in [5.74, 6) is -0.179. The lowest BCUT2D eigenvalue weighted by Gasteiger charge is -2.28. The zero-order valence-corrected chi connectivity index (χ0v) is 11.3. The fraction of sp³-hybridized carbons (Fsp3) is 0.462. The van der Waals surface area contributed by atoms with E-state index in [1.165, 1.54) is 11.1 Å². The molecule has 0 saturated heterocycles. The van der Waals surface area contributed by atoms with Gasteiger partial charge in [0.2, 0.25) is 0 Å². The van der Waals surface area contributed by atoms with E-state index in [1.54, 1.807) is 11.8 Å². The molecule has 0 aromatic heterocycles. The number of carbonyl (C=O) groups is 1. The summed E-state index contributed by atoms with van der Waals surface area (Å²) in [4.78, 5) is 10.9. The Bertz CT molecular complexity index is 404. The Morgan fingerprint density at radius 3 is 2.71 bits per heavy atom. The van der Waals surface area contributed by atoms with Crippen molar-refractivity contribution in [3.63, 3.8) is 0 Å². The van der Waals surface area contributed by atoms with Crippen molar-refractivity contribution >= 4 is 17.7 Å². The molecule has 4 heteroatoms. The molecule has 1 aromatic carbocycles. The van der Waals surface area contributed by atoms with Gasteiger partial charge in [-0.1, -0.05) is 29.8 Å². The third-order valence-electron chi connectivity index (χ3n) is 2.71. The lowest BCUT2D eigenvalue weighted by Crippen LogP contribution is -2.46. The number of thioether (sulfide) groups is 1. The van der Waals surface area contributed by atoms with Crippen molar-refractivity contribution in [2.75, 3.05) is 0 Å². The van der Waals surface area contributed by atoms with Gasteiger partial charge in [-0.25, -0.2) is 0 Å². The monoisotopic (exact) mass is 253 g/mol. The number of carboxylic acid groups (broad SMARTS) is 1. The van der Waals surface area contributed by atoms with E-state index in [4.69, 9.17) is 10.8 Å². The fourth-order valence-corrected chi connectivity index (χ4v) is 2.46. The minimum atomic E-state index is -0.952. The molecule has 1 aromatic rings. The molecule has 0 heterocycles. The van der Waals surface area contributed by atoms with Gasteiger partial charge in [0.05, 0.1) is 0 Å². The first-order valence-electron chi connectivity index (χ1n) is 5.51. The number of rotatable bonds is 5. The van der Waals surface area contributed by atoms with Gasteiger partial charge in [-0.15, -0.1) is 11.8 Å². The molecule has 17 heavy (non-hydrogen) atoms. The maximum atomic E-state index is 10.9. The molecule has 0 fully saturated rings. The summed E-state index contributed by atoms with van der Waals surface area (Å²) in [6.45, 7) is 5.78. The van der Waals surface area contributed by atoms with Gasteiger partial charge in [-0.3, -0.25) is 4.79 Å². The zero-order chi connectivity index (χ0) is 13.1. The second-order valence-corrected chi connectivity index (χ2v) is 6.33. The molecule has 0 aliphatic rings. The normalized spacial score (nSPS) is 13.4. The zero-order valence-electron chi connectivity index (χ0n) is 10.4. The van der Waals surface area contributed by atoms with E-state index in [2.05, 4.69) is 6.07 Å². The number of hydrogen-bond donors (Lipinski definition) is 2. The van der Waals surface area contributed by atoms with Gasteiger partial charge in [0.1, 0.15) is 6.04 Å². The van der Waals surface area contributed by atoms with E-state index in [0.29, 0.717) is 0 Å². The minimum absolute atomic E-state index is 0.477. The van der Waals surface area contributed by atoms with Crippen LogP contribution in [0.3, 0.4) is 0 Å². The third kappa shape index (κ3) is 4.06. The molecule has 94 valence electrons. The predicted molar refractivity (Wildman–Crippen MR) is 72.2 cm³/mol. The van der Waals surface area contributed by atoms with Crippen molar-refractivity contribution in [2.24, 2.45) is 5.73 Å². The first-order valence-corrected chi connectivity index (χ1v) is 6.49. The standard InChI is InChI=1S/C13H19NO2S/c1-9-5-4-6-10(7-9)8-17-13(2,3)11(14)12(15)16/h4-7,11H,8,14H2,1-3H3,(H,15,16)/t11-/m0/s1. The summed E-state index contributed by atoms with van der Waals surface area (Å²) < 4.78 is -0.477. The minimum Gasteiger partial charge on any atom is -0.480 e. The molecular formula is C13H19NO2S. The molecule has 0 spiro atoms. The van der Waals surface area contributed by atoms with Crippen LogP contribution < -0.4 is 5.73 Å². The van der Waals surface area contributed by atoms with Crippen LogP contribution in [0.5, 0.6) is 0 Å². The second-order valence-electron chi connectivity index (χ2n) is 4.70. The summed E-state index contributed by atoms with van der Waals surface area (Å²) in [5.41, 5.74) is 8.07. The summed E-state index contributed by atoms with van der Waals surface area (Å²) in [6.07, 6.45) is 0. The van der Waals surface area contributed by atoms with Crippen LogP contribution in [0.1, 0.15) is 25.0 Å². The first-order chi connectivity index (χ1) is 7.83. The second kappa shape index (κ2) is 5.56. The van der Waals surface area contributed by atoms with Crippen molar-refractivity contribution in [1.82, 2.24) is 0 Å². The third-order valence-corrected chi connectivity index (χ3v) is 4.18. The van der Waals surface area contributed by atoms with E-state index in [1.807, 2.05) is 39.0 Å². The van der Waals surface area contributed by atoms with Gasteiger partial charge in [0.25, 0.3) is 0 Å². The molecule has 0 saturated carbocycles. The van der Waals surface area contributed by atoms with Crippen LogP contribution in [0.2, 0.25) is 0 Å². The van der Waals surface area contributed by atoms with Crippen LogP contribution in [0.15, 0.2) is 24.3 Å². The van der Waals surface area contributed by atoms with Gasteiger partial charge in [-0.2, -0.15) is 0 Å². The van der Waals surface area contributed by atoms with E-state index >= 15 is 0 Å². The summed E-state index contributed by atoms with van der Waals surface area (Å²) in [7, 11) is 0. The average molecular weight is 253 g/mol.